The molecule has 0 unspecified atom stereocenters. The predicted molar refractivity (Wildman–Crippen MR) is 112 cm³/mol. The van der Waals surface area contributed by atoms with E-state index in [0.29, 0.717) is 5.70 Å². The number of nitrogens with one attached hydrogen (secondary N) is 1. The molecule has 0 spiro atoms. The first kappa shape index (κ1) is 18.9. The number of carbonyl (C=O) groups is 2. The molecule has 0 fully saturated rings. The van der Waals surface area contributed by atoms with Gasteiger partial charge in [0, 0.05) is 23.0 Å². The zero-order chi connectivity index (χ0) is 20.1. The van der Waals surface area contributed by atoms with Gasteiger partial charge in [0.25, 0.3) is 5.91 Å². The number of carbonyl (C=O) groups excluding carboxylic acids is 2. The number of fused-ring (bicyclic) bond motifs is 3. The van der Waals surface area contributed by atoms with Gasteiger partial charge in [0.1, 0.15) is 12.0 Å². The molecule has 28 heavy (non-hydrogen) atoms. The summed E-state index contributed by atoms with van der Waals surface area (Å²) < 4.78 is 2.15. The number of benzene rings is 1. The number of likely N-dealkylation sites (N-methyl/N-ethyl adjacent to an activating group) is 1. The molecule has 0 saturated carbocycles. The Morgan fingerprint density at radius 3 is 2.71 bits per heavy atom. The zero-order valence-corrected chi connectivity index (χ0v) is 17.2. The summed E-state index contributed by atoms with van der Waals surface area (Å²) in [6, 6.07) is 8.11. The van der Waals surface area contributed by atoms with Crippen LogP contribution in [0.2, 0.25) is 0 Å². The summed E-state index contributed by atoms with van der Waals surface area (Å²) in [7, 11) is 2.20. The third-order valence-corrected chi connectivity index (χ3v) is 6.76. The fraction of sp³-hybridized carbons (Fsp3) is 0.478. The van der Waals surface area contributed by atoms with Gasteiger partial charge in [-0.05, 0) is 50.9 Å². The van der Waals surface area contributed by atoms with Gasteiger partial charge in [-0.1, -0.05) is 32.0 Å². The lowest BCUT2D eigenvalue weighted by Gasteiger charge is -2.48. The average Bonchev–Trinajstić information content (AvgIpc) is 3.05. The Labute approximate surface area is 166 Å². The van der Waals surface area contributed by atoms with E-state index in [0.717, 1.165) is 37.6 Å². The highest BCUT2D eigenvalue weighted by atomic mass is 16.2. The van der Waals surface area contributed by atoms with E-state index in [4.69, 9.17) is 0 Å². The lowest BCUT2D eigenvalue weighted by Crippen LogP contribution is -2.47. The molecule has 2 aromatic rings. The third-order valence-electron chi connectivity index (χ3n) is 6.76. The molecule has 3 heterocycles. The van der Waals surface area contributed by atoms with Crippen molar-refractivity contribution < 1.29 is 9.59 Å². The minimum Gasteiger partial charge on any atom is -0.342 e. The van der Waals surface area contributed by atoms with Crippen molar-refractivity contribution in [2.45, 2.75) is 52.1 Å². The molecule has 0 saturated heterocycles. The highest BCUT2D eigenvalue weighted by Gasteiger charge is 2.47. The standard InChI is InChI=1S/C23H29N3O2/c1-5-23(6-2)13-19(22(28)24-15(3)14-27)26-18-10-8-7-9-16(18)17-11-12-25(4)21(23)20(17)26/h7-10,13-15,21H,5-6,11-12H2,1-4H3,(H,24,28)/t15-,21+/m0/s1. The van der Waals surface area contributed by atoms with Gasteiger partial charge < -0.3 is 14.7 Å². The van der Waals surface area contributed by atoms with E-state index in [2.05, 4.69) is 60.0 Å². The molecule has 2 atom stereocenters. The Morgan fingerprint density at radius 1 is 1.32 bits per heavy atom. The average molecular weight is 380 g/mol. The Hall–Kier alpha value is -2.40. The fourth-order valence-electron chi connectivity index (χ4n) is 5.21. The van der Waals surface area contributed by atoms with Gasteiger partial charge in [0.15, 0.2) is 0 Å². The Kier molecular flexibility index (Phi) is 4.66. The van der Waals surface area contributed by atoms with Gasteiger partial charge in [-0.25, -0.2) is 0 Å². The lowest BCUT2D eigenvalue weighted by atomic mass is 9.69. The Morgan fingerprint density at radius 2 is 2.04 bits per heavy atom. The first-order valence-electron chi connectivity index (χ1n) is 10.3. The predicted octanol–water partition coefficient (Wildman–Crippen LogP) is 3.53. The molecule has 1 N–H and O–H groups in total. The SMILES string of the molecule is CCC1(CC)C=C(C(=O)N[C@@H](C)C=O)n2c3c(c4ccccc42)CCN(C)[C@H]31. The lowest BCUT2D eigenvalue weighted by molar-refractivity contribution is -0.119. The summed E-state index contributed by atoms with van der Waals surface area (Å²) in [6.07, 6.45) is 5.85. The third kappa shape index (κ3) is 2.56. The molecular weight excluding hydrogens is 350 g/mol. The second-order valence-electron chi connectivity index (χ2n) is 8.22. The summed E-state index contributed by atoms with van der Waals surface area (Å²) in [5.41, 5.74) is 4.25. The maximum absolute atomic E-state index is 13.2. The number of hydrogen-bond donors (Lipinski definition) is 1. The van der Waals surface area contributed by atoms with Crippen molar-refractivity contribution >= 4 is 28.8 Å². The van der Waals surface area contributed by atoms with Crippen LogP contribution in [-0.4, -0.2) is 41.3 Å². The van der Waals surface area contributed by atoms with Crippen LogP contribution in [0.1, 0.15) is 50.9 Å². The van der Waals surface area contributed by atoms with Gasteiger partial charge in [-0.3, -0.25) is 9.69 Å². The van der Waals surface area contributed by atoms with Crippen LogP contribution in [0.4, 0.5) is 0 Å². The zero-order valence-electron chi connectivity index (χ0n) is 17.2. The van der Waals surface area contributed by atoms with Crippen LogP contribution in [0.5, 0.6) is 0 Å². The van der Waals surface area contributed by atoms with E-state index in [1.165, 1.54) is 16.6 Å². The van der Waals surface area contributed by atoms with Crippen molar-refractivity contribution in [3.05, 3.63) is 41.6 Å². The molecule has 5 nitrogen and oxygen atoms in total. The molecule has 2 aliphatic rings. The first-order chi connectivity index (χ1) is 13.5. The number of amides is 1. The summed E-state index contributed by atoms with van der Waals surface area (Å²) in [5.74, 6) is -0.180. The molecular formula is C23H29N3O2. The van der Waals surface area contributed by atoms with E-state index >= 15 is 0 Å². The number of aldehydes is 1. The van der Waals surface area contributed by atoms with Crippen LogP contribution >= 0.6 is 0 Å². The van der Waals surface area contributed by atoms with Crippen LogP contribution in [-0.2, 0) is 16.0 Å². The fourth-order valence-corrected chi connectivity index (χ4v) is 5.21. The van der Waals surface area contributed by atoms with Crippen molar-refractivity contribution in [3.8, 4) is 0 Å². The van der Waals surface area contributed by atoms with Crippen molar-refractivity contribution in [1.29, 1.82) is 0 Å². The molecule has 1 amide bonds. The van der Waals surface area contributed by atoms with Gasteiger partial charge >= 0.3 is 0 Å². The summed E-state index contributed by atoms with van der Waals surface area (Å²) in [5, 5.41) is 4.09. The van der Waals surface area contributed by atoms with Crippen molar-refractivity contribution in [3.63, 3.8) is 0 Å². The van der Waals surface area contributed by atoms with E-state index in [9.17, 15) is 9.59 Å². The Bertz CT molecular complexity index is 968. The van der Waals surface area contributed by atoms with Crippen molar-refractivity contribution in [2.75, 3.05) is 13.6 Å². The quantitative estimate of drug-likeness (QED) is 0.809. The van der Waals surface area contributed by atoms with Crippen LogP contribution in [0, 0.1) is 5.41 Å². The van der Waals surface area contributed by atoms with E-state index in [-0.39, 0.29) is 17.4 Å². The number of para-hydroxylation sites is 1. The van der Waals surface area contributed by atoms with Crippen molar-refractivity contribution in [1.82, 2.24) is 14.8 Å². The van der Waals surface area contributed by atoms with E-state index in [1.54, 1.807) is 6.92 Å². The highest BCUT2D eigenvalue weighted by molar-refractivity contribution is 6.17. The smallest absolute Gasteiger partial charge is 0.268 e. The van der Waals surface area contributed by atoms with Crippen LogP contribution in [0.3, 0.4) is 0 Å². The molecule has 4 rings (SSSR count). The maximum atomic E-state index is 13.2. The summed E-state index contributed by atoms with van der Waals surface area (Å²) in [4.78, 5) is 26.8. The Balaban J connectivity index is 2.02. The largest absolute Gasteiger partial charge is 0.342 e. The molecule has 5 heteroatoms. The number of nitrogens with zero attached hydrogens (tertiary/aromatic N) is 2. The molecule has 1 aromatic heterocycles. The maximum Gasteiger partial charge on any atom is 0.268 e. The van der Waals surface area contributed by atoms with Gasteiger partial charge in [-0.2, -0.15) is 0 Å². The van der Waals surface area contributed by atoms with Gasteiger partial charge in [0.2, 0.25) is 0 Å². The number of aromatic nitrogens is 1. The number of rotatable bonds is 5. The normalized spacial score (nSPS) is 21.7. The van der Waals surface area contributed by atoms with Crippen molar-refractivity contribution in [2.24, 2.45) is 5.41 Å². The summed E-state index contributed by atoms with van der Waals surface area (Å²) >= 11 is 0. The topological polar surface area (TPSA) is 54.3 Å². The second-order valence-corrected chi connectivity index (χ2v) is 8.22. The minimum atomic E-state index is -0.510. The first-order valence-corrected chi connectivity index (χ1v) is 10.3. The van der Waals surface area contributed by atoms with Gasteiger partial charge in [0.05, 0.1) is 17.6 Å². The van der Waals surface area contributed by atoms with Gasteiger partial charge in [-0.15, -0.1) is 0 Å². The van der Waals surface area contributed by atoms with E-state index in [1.807, 2.05) is 6.07 Å². The van der Waals surface area contributed by atoms with Crippen LogP contribution < -0.4 is 5.32 Å². The monoisotopic (exact) mass is 379 g/mol. The van der Waals surface area contributed by atoms with Crippen LogP contribution in [0.15, 0.2) is 30.3 Å². The second kappa shape index (κ2) is 6.89. The van der Waals surface area contributed by atoms with Crippen LogP contribution in [0.25, 0.3) is 16.6 Å². The molecule has 2 aliphatic heterocycles. The molecule has 1 aromatic carbocycles. The minimum absolute atomic E-state index is 0.106. The molecule has 0 bridgehead atoms. The molecule has 148 valence electrons. The molecule has 0 radical (unpaired) electrons. The van der Waals surface area contributed by atoms with E-state index < -0.39 is 6.04 Å². The summed E-state index contributed by atoms with van der Waals surface area (Å²) in [6.45, 7) is 7.15. The highest BCUT2D eigenvalue weighted by Crippen LogP contribution is 2.54. The molecule has 0 aliphatic carbocycles. The number of hydrogen-bond acceptors (Lipinski definition) is 3.